The summed E-state index contributed by atoms with van der Waals surface area (Å²) in [4.78, 5) is 4.21. The highest BCUT2D eigenvalue weighted by atomic mass is 35.5. The molecule has 1 aliphatic rings. The predicted octanol–water partition coefficient (Wildman–Crippen LogP) is 4.94. The number of hydrogen-bond donors (Lipinski definition) is 0. The number of aromatic nitrogens is 3. The topological polar surface area (TPSA) is 68.1 Å². The van der Waals surface area contributed by atoms with Gasteiger partial charge in [0.25, 0.3) is 0 Å². The van der Waals surface area contributed by atoms with Gasteiger partial charge in [-0.3, -0.25) is 4.98 Å². The summed E-state index contributed by atoms with van der Waals surface area (Å²) in [6.45, 7) is 0.229. The molecule has 1 saturated carbocycles. The second-order valence-electron chi connectivity index (χ2n) is 7.76. The normalized spacial score (nSPS) is 14.1. The molecule has 0 atom stereocenters. The van der Waals surface area contributed by atoms with Crippen molar-refractivity contribution >= 4 is 21.6 Å². The fourth-order valence-electron chi connectivity index (χ4n) is 3.66. The average molecular weight is 465 g/mol. The highest BCUT2D eigenvalue weighted by Crippen LogP contribution is 2.35. The molecule has 8 heteroatoms. The van der Waals surface area contributed by atoms with Gasteiger partial charge in [-0.05, 0) is 49.2 Å². The van der Waals surface area contributed by atoms with Crippen molar-refractivity contribution in [2.24, 2.45) is 0 Å². The first-order valence-electron chi connectivity index (χ1n) is 10.3. The van der Waals surface area contributed by atoms with E-state index in [0.717, 1.165) is 35.3 Å². The Labute approximate surface area is 192 Å². The molecule has 2 aromatic carbocycles. The van der Waals surface area contributed by atoms with E-state index in [1.54, 1.807) is 27.3 Å². The summed E-state index contributed by atoms with van der Waals surface area (Å²) in [5.74, 6) is 0. The molecule has 32 heavy (non-hydrogen) atoms. The third-order valence-electron chi connectivity index (χ3n) is 5.45. The minimum atomic E-state index is -3.68. The Morgan fingerprint density at radius 1 is 1.00 bits per heavy atom. The van der Waals surface area contributed by atoms with E-state index >= 15 is 0 Å². The van der Waals surface area contributed by atoms with Gasteiger partial charge >= 0.3 is 0 Å². The Balaban J connectivity index is 1.58. The van der Waals surface area contributed by atoms with Crippen LogP contribution >= 0.6 is 11.6 Å². The van der Waals surface area contributed by atoms with Crippen LogP contribution in [0.1, 0.15) is 18.4 Å². The molecule has 0 saturated heterocycles. The molecule has 162 valence electrons. The van der Waals surface area contributed by atoms with Gasteiger partial charge in [0, 0.05) is 47.3 Å². The van der Waals surface area contributed by atoms with Crippen molar-refractivity contribution in [1.82, 2.24) is 19.1 Å². The molecule has 0 aliphatic heterocycles. The van der Waals surface area contributed by atoms with Crippen LogP contribution in [0, 0.1) is 0 Å². The summed E-state index contributed by atoms with van der Waals surface area (Å²) in [5, 5.41) is 5.44. The summed E-state index contributed by atoms with van der Waals surface area (Å²) in [5.41, 5.74) is 3.35. The zero-order chi connectivity index (χ0) is 22.1. The number of pyridine rings is 1. The molecular weight excluding hydrogens is 444 g/mol. The van der Waals surface area contributed by atoms with Crippen LogP contribution in [0.3, 0.4) is 0 Å². The van der Waals surface area contributed by atoms with Crippen LogP contribution in [0.2, 0.25) is 5.02 Å². The van der Waals surface area contributed by atoms with Gasteiger partial charge in [0.1, 0.15) is 4.90 Å². The van der Waals surface area contributed by atoms with Crippen LogP contribution in [-0.2, 0) is 16.6 Å². The lowest BCUT2D eigenvalue weighted by Crippen LogP contribution is -2.32. The van der Waals surface area contributed by atoms with Crippen LogP contribution in [0.15, 0.2) is 90.2 Å². The highest BCUT2D eigenvalue weighted by Gasteiger charge is 2.39. The third-order valence-corrected chi connectivity index (χ3v) is 7.58. The fourth-order valence-corrected chi connectivity index (χ4v) is 5.42. The Hall–Kier alpha value is -3.00. The van der Waals surface area contributed by atoms with Crippen molar-refractivity contribution in [3.8, 4) is 16.9 Å². The Morgan fingerprint density at radius 2 is 1.75 bits per heavy atom. The molecule has 0 amide bonds. The van der Waals surface area contributed by atoms with Crippen molar-refractivity contribution in [2.45, 2.75) is 30.3 Å². The SMILES string of the molecule is O=S(=O)(c1cccnc1)N(Cc1cn(-c2ccccc2)nc1-c1ccc(Cl)cc1)C1CC1. The standard InChI is InChI=1S/C24H21ClN4O2S/c25-20-10-8-18(9-11-20)24-19(16-28(27-24)21-5-2-1-3-6-21)17-29(22-12-13-22)32(30,31)23-7-4-14-26-15-23/h1-11,14-16,22H,12-13,17H2. The molecule has 0 spiro atoms. The largest absolute Gasteiger partial charge is 0.263 e. The number of nitrogens with zero attached hydrogens (tertiary/aromatic N) is 4. The van der Waals surface area contributed by atoms with Crippen LogP contribution in [-0.4, -0.2) is 33.5 Å². The maximum atomic E-state index is 13.4. The van der Waals surface area contributed by atoms with E-state index in [9.17, 15) is 8.42 Å². The van der Waals surface area contributed by atoms with E-state index in [1.807, 2.05) is 60.8 Å². The lowest BCUT2D eigenvalue weighted by molar-refractivity contribution is 0.399. The third kappa shape index (κ3) is 4.19. The first-order chi connectivity index (χ1) is 15.5. The molecule has 2 heterocycles. The molecule has 6 nitrogen and oxygen atoms in total. The van der Waals surface area contributed by atoms with Crippen LogP contribution in [0.5, 0.6) is 0 Å². The highest BCUT2D eigenvalue weighted by molar-refractivity contribution is 7.89. The number of halogens is 1. The molecule has 1 aliphatic carbocycles. The van der Waals surface area contributed by atoms with Crippen molar-refractivity contribution in [3.05, 3.63) is 95.9 Å². The van der Waals surface area contributed by atoms with E-state index in [4.69, 9.17) is 16.7 Å². The zero-order valence-corrected chi connectivity index (χ0v) is 18.7. The maximum Gasteiger partial charge on any atom is 0.245 e. The zero-order valence-electron chi connectivity index (χ0n) is 17.2. The summed E-state index contributed by atoms with van der Waals surface area (Å²) < 4.78 is 30.2. The molecule has 0 unspecified atom stereocenters. The maximum absolute atomic E-state index is 13.4. The minimum Gasteiger partial charge on any atom is -0.263 e. The average Bonchev–Trinajstić information content (AvgIpc) is 3.58. The van der Waals surface area contributed by atoms with E-state index in [1.165, 1.54) is 6.20 Å². The van der Waals surface area contributed by atoms with Gasteiger partial charge in [-0.1, -0.05) is 41.9 Å². The Bertz CT molecular complexity index is 1320. The number of rotatable bonds is 7. The van der Waals surface area contributed by atoms with Gasteiger partial charge in [-0.15, -0.1) is 0 Å². The van der Waals surface area contributed by atoms with Gasteiger partial charge in [0.2, 0.25) is 10.0 Å². The minimum absolute atomic E-state index is 0.0154. The van der Waals surface area contributed by atoms with E-state index < -0.39 is 10.0 Å². The molecule has 0 bridgehead atoms. The second-order valence-corrected chi connectivity index (χ2v) is 10.1. The summed E-state index contributed by atoms with van der Waals surface area (Å²) in [7, 11) is -3.68. The first kappa shape index (κ1) is 20.9. The van der Waals surface area contributed by atoms with Crippen molar-refractivity contribution in [1.29, 1.82) is 0 Å². The van der Waals surface area contributed by atoms with E-state index in [2.05, 4.69) is 4.98 Å². The quantitative estimate of drug-likeness (QED) is 0.388. The molecule has 5 rings (SSSR count). The van der Waals surface area contributed by atoms with Crippen molar-refractivity contribution < 1.29 is 8.42 Å². The van der Waals surface area contributed by atoms with Gasteiger partial charge in [-0.2, -0.15) is 9.40 Å². The molecule has 2 aromatic heterocycles. The first-order valence-corrected chi connectivity index (χ1v) is 12.2. The smallest absolute Gasteiger partial charge is 0.245 e. The molecule has 1 fully saturated rings. The van der Waals surface area contributed by atoms with Crippen LogP contribution in [0.4, 0.5) is 0 Å². The van der Waals surface area contributed by atoms with E-state index in [-0.39, 0.29) is 17.5 Å². The summed E-state index contributed by atoms with van der Waals surface area (Å²) in [6.07, 6.45) is 6.58. The summed E-state index contributed by atoms with van der Waals surface area (Å²) in [6, 6.07) is 20.4. The van der Waals surface area contributed by atoms with Crippen LogP contribution in [0.25, 0.3) is 16.9 Å². The monoisotopic (exact) mass is 464 g/mol. The number of para-hydroxylation sites is 1. The number of hydrogen-bond acceptors (Lipinski definition) is 4. The fraction of sp³-hybridized carbons (Fsp3) is 0.167. The Kier molecular flexibility index (Phi) is 5.55. The molecule has 0 N–H and O–H groups in total. The number of sulfonamides is 1. The van der Waals surface area contributed by atoms with Gasteiger partial charge < -0.3 is 0 Å². The Morgan fingerprint density at radius 3 is 2.41 bits per heavy atom. The van der Waals surface area contributed by atoms with Crippen molar-refractivity contribution in [3.63, 3.8) is 0 Å². The van der Waals surface area contributed by atoms with Crippen molar-refractivity contribution in [2.75, 3.05) is 0 Å². The summed E-state index contributed by atoms with van der Waals surface area (Å²) >= 11 is 6.08. The second kappa shape index (κ2) is 8.50. The van der Waals surface area contributed by atoms with Gasteiger partial charge in [0.05, 0.1) is 11.4 Å². The lowest BCUT2D eigenvalue weighted by atomic mass is 10.1. The van der Waals surface area contributed by atoms with Gasteiger partial charge in [-0.25, -0.2) is 13.1 Å². The van der Waals surface area contributed by atoms with Crippen LogP contribution < -0.4 is 0 Å². The predicted molar refractivity (Wildman–Crippen MR) is 124 cm³/mol. The van der Waals surface area contributed by atoms with E-state index in [0.29, 0.717) is 5.02 Å². The number of benzene rings is 2. The molecule has 0 radical (unpaired) electrons. The molecular formula is C24H21ClN4O2S. The molecule has 4 aromatic rings. The lowest BCUT2D eigenvalue weighted by Gasteiger charge is -2.21. The van der Waals surface area contributed by atoms with Gasteiger partial charge in [0.15, 0.2) is 0 Å².